The number of hydrogen-bond acceptors (Lipinski definition) is 6. The molecular weight excluding hydrogens is 821 g/mol. The highest BCUT2D eigenvalue weighted by Gasteiger charge is 2.28. The van der Waals surface area contributed by atoms with Gasteiger partial charge < -0.3 is 8.98 Å². The Balaban J connectivity index is 0.912. The highest BCUT2D eigenvalue weighted by Crippen LogP contribution is 2.46. The molecule has 7 heteroatoms. The molecule has 0 spiro atoms. The Hall–Kier alpha value is -7.19. The Labute approximate surface area is 376 Å². The summed E-state index contributed by atoms with van der Waals surface area (Å²) >= 11 is 3.64. The van der Waals surface area contributed by atoms with E-state index in [4.69, 9.17) is 19.4 Å². The van der Waals surface area contributed by atoms with Crippen molar-refractivity contribution >= 4 is 97.0 Å². The van der Waals surface area contributed by atoms with E-state index in [1.165, 1.54) is 79.0 Å². The number of fused-ring (bicyclic) bond motifs is 12. The molecule has 2 unspecified atom stereocenters. The van der Waals surface area contributed by atoms with Crippen molar-refractivity contribution in [2.75, 3.05) is 0 Å². The monoisotopic (exact) mass is 858 g/mol. The largest absolute Gasteiger partial charge is 0.460 e. The molecular formula is C57H38N4OS2. The maximum atomic E-state index is 6.80. The van der Waals surface area contributed by atoms with Crippen molar-refractivity contribution in [3.63, 3.8) is 0 Å². The molecule has 5 heterocycles. The summed E-state index contributed by atoms with van der Waals surface area (Å²) in [4.78, 5) is 16.0. The predicted octanol–water partition coefficient (Wildman–Crippen LogP) is 15.7. The van der Waals surface area contributed by atoms with E-state index in [1.54, 1.807) is 0 Å². The maximum absolute atomic E-state index is 6.80. The smallest absolute Gasteiger partial charge is 0.164 e. The van der Waals surface area contributed by atoms with Crippen LogP contribution >= 0.6 is 22.7 Å². The first-order valence-corrected chi connectivity index (χ1v) is 23.8. The number of allylic oxidation sites excluding steroid dienone is 6. The summed E-state index contributed by atoms with van der Waals surface area (Å²) in [6.45, 7) is 0. The van der Waals surface area contributed by atoms with Crippen molar-refractivity contribution in [3.8, 4) is 33.9 Å². The average Bonchev–Trinajstić information content (AvgIpc) is 4.12. The van der Waals surface area contributed by atoms with Gasteiger partial charge in [-0.3, -0.25) is 0 Å². The molecule has 0 fully saturated rings. The SMILES string of the molecule is C1=CCC(c2nc(-c3cccc4sc5ccccc5c34)nc(-c3cccc4sc5ccc(-c6cccc7oc8c(c67)C=CC(n6c7c(c9ccccc96)C=CCC7)C8)cc5c34)n2)C=C1. The van der Waals surface area contributed by atoms with Crippen LogP contribution in [-0.2, 0) is 12.8 Å². The van der Waals surface area contributed by atoms with Crippen molar-refractivity contribution in [2.24, 2.45) is 0 Å². The van der Waals surface area contributed by atoms with Crippen LogP contribution in [0.3, 0.4) is 0 Å². The van der Waals surface area contributed by atoms with E-state index in [1.807, 2.05) is 22.7 Å². The molecule has 0 bridgehead atoms. The molecule has 0 amide bonds. The molecule has 11 aromatic rings. The number of para-hydroxylation sites is 1. The first-order valence-electron chi connectivity index (χ1n) is 22.2. The molecule has 3 aliphatic rings. The lowest BCUT2D eigenvalue weighted by Crippen LogP contribution is -2.15. The highest BCUT2D eigenvalue weighted by molar-refractivity contribution is 7.26. The molecule has 5 aromatic heterocycles. The van der Waals surface area contributed by atoms with Gasteiger partial charge in [0, 0.05) is 96.9 Å². The molecule has 0 radical (unpaired) electrons. The molecule has 0 saturated heterocycles. The van der Waals surface area contributed by atoms with E-state index in [2.05, 4.69) is 175 Å². The molecule has 304 valence electrons. The number of aromatic nitrogens is 4. The van der Waals surface area contributed by atoms with E-state index in [0.717, 1.165) is 59.5 Å². The number of rotatable bonds is 5. The number of nitrogens with zero attached hydrogens (tertiary/aromatic N) is 4. The lowest BCUT2D eigenvalue weighted by Gasteiger charge is -2.23. The third kappa shape index (κ3) is 5.50. The van der Waals surface area contributed by atoms with Gasteiger partial charge in [-0.05, 0) is 72.9 Å². The van der Waals surface area contributed by atoms with Crippen LogP contribution < -0.4 is 0 Å². The fraction of sp³-hybridized carbons (Fsp3) is 0.105. The van der Waals surface area contributed by atoms with Crippen LogP contribution in [-0.4, -0.2) is 19.5 Å². The zero-order chi connectivity index (χ0) is 41.9. The van der Waals surface area contributed by atoms with Crippen molar-refractivity contribution in [1.82, 2.24) is 19.5 Å². The van der Waals surface area contributed by atoms with Crippen LogP contribution in [0.4, 0.5) is 0 Å². The van der Waals surface area contributed by atoms with Gasteiger partial charge in [0.1, 0.15) is 17.2 Å². The van der Waals surface area contributed by atoms with E-state index in [9.17, 15) is 0 Å². The lowest BCUT2D eigenvalue weighted by atomic mass is 9.93. The Bertz CT molecular complexity index is 3890. The van der Waals surface area contributed by atoms with Gasteiger partial charge in [0.2, 0.25) is 0 Å². The van der Waals surface area contributed by atoms with Gasteiger partial charge in [-0.2, -0.15) is 0 Å². The normalized spacial score (nSPS) is 16.9. The Kier molecular flexibility index (Phi) is 8.03. The van der Waals surface area contributed by atoms with E-state index in [-0.39, 0.29) is 12.0 Å². The van der Waals surface area contributed by atoms with E-state index in [0.29, 0.717) is 11.6 Å². The second kappa shape index (κ2) is 14.2. The van der Waals surface area contributed by atoms with E-state index < -0.39 is 0 Å². The Morgan fingerprint density at radius 1 is 0.578 bits per heavy atom. The van der Waals surface area contributed by atoms with Gasteiger partial charge in [0.05, 0.1) is 6.04 Å². The minimum absolute atomic E-state index is 0.0600. The van der Waals surface area contributed by atoms with Crippen LogP contribution in [0.1, 0.15) is 53.2 Å². The summed E-state index contributed by atoms with van der Waals surface area (Å²) in [5.41, 5.74) is 10.6. The van der Waals surface area contributed by atoms with Gasteiger partial charge in [-0.15, -0.1) is 22.7 Å². The summed E-state index contributed by atoms with van der Waals surface area (Å²) in [6.07, 6.45) is 21.8. The zero-order valence-corrected chi connectivity index (χ0v) is 36.3. The topological polar surface area (TPSA) is 56.7 Å². The molecule has 2 atom stereocenters. The highest BCUT2D eigenvalue weighted by atomic mass is 32.1. The standard InChI is InChI=1S/C57H38N4OS2/c1-2-13-33(14-3-1)55-58-56(41-19-11-25-50-53(41)40-17-6-9-24-48(40)63-50)60-57(59-55)42-20-12-26-51-54(42)43-31-34(27-30-49(43)64-51)36-18-10-23-46-52(36)39-29-28-35(32-47(39)62-46)61-44-21-7-4-15-37(44)38-16-5-8-22-45(38)61/h1-7,9-13,15-21,23-31,33,35H,8,14,22,32H2. The molecule has 0 N–H and O–H groups in total. The third-order valence-corrected chi connectivity index (χ3v) is 15.9. The van der Waals surface area contributed by atoms with Crippen molar-refractivity contribution in [1.29, 1.82) is 0 Å². The summed E-state index contributed by atoms with van der Waals surface area (Å²) < 4.78 is 14.3. The number of furan rings is 1. The number of benzene rings is 6. The fourth-order valence-electron chi connectivity index (χ4n) is 10.7. The zero-order valence-electron chi connectivity index (χ0n) is 34.7. The Morgan fingerprint density at radius 2 is 1.31 bits per heavy atom. The first kappa shape index (κ1) is 36.3. The molecule has 0 aliphatic heterocycles. The second-order valence-corrected chi connectivity index (χ2v) is 19.4. The molecule has 5 nitrogen and oxygen atoms in total. The lowest BCUT2D eigenvalue weighted by molar-refractivity contribution is 0.488. The van der Waals surface area contributed by atoms with Gasteiger partial charge in [0.15, 0.2) is 11.6 Å². The van der Waals surface area contributed by atoms with Gasteiger partial charge in [-0.1, -0.05) is 127 Å². The van der Waals surface area contributed by atoms with Crippen LogP contribution in [0.25, 0.3) is 108 Å². The summed E-state index contributed by atoms with van der Waals surface area (Å²) in [5.74, 6) is 3.32. The minimum Gasteiger partial charge on any atom is -0.460 e. The van der Waals surface area contributed by atoms with Crippen LogP contribution in [0.5, 0.6) is 0 Å². The van der Waals surface area contributed by atoms with Crippen molar-refractivity contribution < 1.29 is 4.42 Å². The quantitative estimate of drug-likeness (QED) is 0.173. The second-order valence-electron chi connectivity index (χ2n) is 17.2. The molecule has 64 heavy (non-hydrogen) atoms. The number of thiophene rings is 2. The van der Waals surface area contributed by atoms with E-state index >= 15 is 0 Å². The Morgan fingerprint density at radius 3 is 2.14 bits per heavy atom. The molecule has 6 aromatic carbocycles. The summed E-state index contributed by atoms with van der Waals surface area (Å²) in [7, 11) is 0. The van der Waals surface area contributed by atoms with Gasteiger partial charge in [-0.25, -0.2) is 15.0 Å². The van der Waals surface area contributed by atoms with Crippen molar-refractivity contribution in [3.05, 3.63) is 186 Å². The third-order valence-electron chi connectivity index (χ3n) is 13.6. The summed E-state index contributed by atoms with van der Waals surface area (Å²) in [5, 5.41) is 7.31. The number of hydrogen-bond donors (Lipinski definition) is 0. The summed E-state index contributed by atoms with van der Waals surface area (Å²) in [6, 6.07) is 44.2. The average molecular weight is 859 g/mol. The van der Waals surface area contributed by atoms with Crippen LogP contribution in [0, 0.1) is 0 Å². The van der Waals surface area contributed by atoms with Crippen LogP contribution in [0.2, 0.25) is 0 Å². The molecule has 0 saturated carbocycles. The fourth-order valence-corrected chi connectivity index (χ4v) is 13.0. The maximum Gasteiger partial charge on any atom is 0.164 e. The minimum atomic E-state index is 0.0600. The van der Waals surface area contributed by atoms with Crippen LogP contribution in [0.15, 0.2) is 162 Å². The molecule has 3 aliphatic carbocycles. The van der Waals surface area contributed by atoms with Crippen molar-refractivity contribution in [2.45, 2.75) is 37.6 Å². The predicted molar refractivity (Wildman–Crippen MR) is 268 cm³/mol. The molecule has 14 rings (SSSR count). The van der Waals surface area contributed by atoms with Gasteiger partial charge in [0.25, 0.3) is 0 Å². The first-order chi connectivity index (χ1) is 31.7. The van der Waals surface area contributed by atoms with Gasteiger partial charge >= 0.3 is 0 Å².